The van der Waals surface area contributed by atoms with E-state index in [-0.39, 0.29) is 40.6 Å². The molecule has 2 amide bonds. The minimum Gasteiger partial charge on any atom is -0.508 e. The number of rotatable bonds is 3. The fourth-order valence-electron chi connectivity index (χ4n) is 6.50. The summed E-state index contributed by atoms with van der Waals surface area (Å²) >= 11 is 6.57. The van der Waals surface area contributed by atoms with Crippen LogP contribution in [0.25, 0.3) is 6.08 Å². The van der Waals surface area contributed by atoms with Gasteiger partial charge in [0.05, 0.1) is 17.5 Å². The summed E-state index contributed by atoms with van der Waals surface area (Å²) in [7, 11) is 0. The van der Waals surface area contributed by atoms with E-state index >= 15 is 0 Å². The summed E-state index contributed by atoms with van der Waals surface area (Å²) in [5.41, 5.74) is 3.85. The van der Waals surface area contributed by atoms with E-state index in [1.165, 1.54) is 23.1 Å². The molecule has 0 spiro atoms. The molecular weight excluding hydrogens is 502 g/mol. The second kappa shape index (κ2) is 8.77. The number of ketones is 2. The van der Waals surface area contributed by atoms with Crippen LogP contribution in [0.2, 0.25) is 5.02 Å². The molecule has 1 saturated heterocycles. The SMILES string of the molecule is C=Cc1ccc(N2C(=O)C3CC=C4C(c5ccc(O)cc5Cl)C5=C(CC4C3C2=O)C(=O)C(C)=CC5=O)cc1. The highest BCUT2D eigenvalue weighted by Gasteiger charge is 2.56. The average Bonchev–Trinajstić information content (AvgIpc) is 3.16. The number of hydrogen-bond donors (Lipinski definition) is 1. The van der Waals surface area contributed by atoms with Crippen molar-refractivity contribution in [2.24, 2.45) is 17.8 Å². The molecular formula is C31H24ClNO5. The third kappa shape index (κ3) is 3.47. The van der Waals surface area contributed by atoms with Gasteiger partial charge in [-0.3, -0.25) is 24.1 Å². The van der Waals surface area contributed by atoms with E-state index in [0.29, 0.717) is 34.4 Å². The van der Waals surface area contributed by atoms with Gasteiger partial charge in [-0.15, -0.1) is 0 Å². The van der Waals surface area contributed by atoms with Crippen LogP contribution in [0, 0.1) is 17.8 Å². The van der Waals surface area contributed by atoms with E-state index in [2.05, 4.69) is 6.58 Å². The van der Waals surface area contributed by atoms with E-state index in [9.17, 15) is 24.3 Å². The Balaban J connectivity index is 1.48. The predicted molar refractivity (Wildman–Crippen MR) is 143 cm³/mol. The number of allylic oxidation sites excluding steroid dienone is 6. The number of nitrogens with zero attached hydrogens (tertiary/aromatic N) is 1. The van der Waals surface area contributed by atoms with Crippen molar-refractivity contribution >= 4 is 46.7 Å². The highest BCUT2D eigenvalue weighted by atomic mass is 35.5. The summed E-state index contributed by atoms with van der Waals surface area (Å²) < 4.78 is 0. The van der Waals surface area contributed by atoms with Crippen molar-refractivity contribution in [3.8, 4) is 5.75 Å². The number of carbonyl (C=O) groups is 4. The van der Waals surface area contributed by atoms with Gasteiger partial charge in [0.25, 0.3) is 0 Å². The number of benzene rings is 2. The molecule has 0 bridgehead atoms. The van der Waals surface area contributed by atoms with Crippen LogP contribution >= 0.6 is 11.6 Å². The second-order valence-electron chi connectivity index (χ2n) is 10.2. The summed E-state index contributed by atoms with van der Waals surface area (Å²) in [5.74, 6) is -3.38. The molecule has 4 unspecified atom stereocenters. The Morgan fingerprint density at radius 1 is 1.03 bits per heavy atom. The number of phenolic OH excluding ortho intramolecular Hbond substituents is 1. The van der Waals surface area contributed by atoms with Crippen LogP contribution < -0.4 is 4.90 Å². The molecule has 4 atom stereocenters. The van der Waals surface area contributed by atoms with Gasteiger partial charge >= 0.3 is 0 Å². The Bertz CT molecular complexity index is 1560. The largest absolute Gasteiger partial charge is 0.508 e. The first kappa shape index (κ1) is 24.3. The monoisotopic (exact) mass is 525 g/mol. The first-order valence-electron chi connectivity index (χ1n) is 12.5. The summed E-state index contributed by atoms with van der Waals surface area (Å²) in [4.78, 5) is 55.3. The van der Waals surface area contributed by atoms with Crippen LogP contribution in [0.4, 0.5) is 5.69 Å². The molecule has 6 rings (SSSR count). The molecule has 1 aliphatic heterocycles. The van der Waals surface area contributed by atoms with E-state index in [1.807, 2.05) is 6.08 Å². The van der Waals surface area contributed by atoms with Crippen molar-refractivity contribution < 1.29 is 24.3 Å². The van der Waals surface area contributed by atoms with Crippen molar-refractivity contribution in [3.05, 3.63) is 99.6 Å². The molecule has 1 N–H and O–H groups in total. The van der Waals surface area contributed by atoms with Crippen LogP contribution in [0.5, 0.6) is 5.75 Å². The molecule has 3 aliphatic carbocycles. The minimum atomic E-state index is -0.664. The van der Waals surface area contributed by atoms with Crippen LogP contribution in [0.3, 0.4) is 0 Å². The second-order valence-corrected chi connectivity index (χ2v) is 10.6. The van der Waals surface area contributed by atoms with Crippen LogP contribution in [0.1, 0.15) is 36.8 Å². The Kier molecular flexibility index (Phi) is 5.61. The Labute approximate surface area is 224 Å². The topological polar surface area (TPSA) is 91.8 Å². The van der Waals surface area contributed by atoms with Crippen LogP contribution in [0.15, 0.2) is 83.5 Å². The maximum Gasteiger partial charge on any atom is 0.238 e. The fourth-order valence-corrected chi connectivity index (χ4v) is 6.79. The lowest BCUT2D eigenvalue weighted by Crippen LogP contribution is -2.39. The summed E-state index contributed by atoms with van der Waals surface area (Å²) in [5, 5.41) is 10.2. The van der Waals surface area contributed by atoms with Crippen molar-refractivity contribution in [3.63, 3.8) is 0 Å². The molecule has 0 aromatic heterocycles. The number of hydrogen-bond acceptors (Lipinski definition) is 5. The number of carbonyl (C=O) groups excluding carboxylic acids is 4. The third-order valence-corrected chi connectivity index (χ3v) is 8.57. The van der Waals surface area contributed by atoms with Gasteiger partial charge in [0, 0.05) is 27.7 Å². The van der Waals surface area contributed by atoms with Gasteiger partial charge in [0.1, 0.15) is 5.75 Å². The predicted octanol–water partition coefficient (Wildman–Crippen LogP) is 5.32. The molecule has 38 heavy (non-hydrogen) atoms. The lowest BCUT2D eigenvalue weighted by atomic mass is 9.59. The average molecular weight is 526 g/mol. The highest BCUT2D eigenvalue weighted by molar-refractivity contribution is 6.32. The molecule has 190 valence electrons. The maximum atomic E-state index is 13.9. The molecule has 2 aromatic carbocycles. The summed E-state index contributed by atoms with van der Waals surface area (Å²) in [6.45, 7) is 5.36. The zero-order chi connectivity index (χ0) is 26.9. The zero-order valence-corrected chi connectivity index (χ0v) is 21.4. The molecule has 2 aromatic rings. The first-order valence-corrected chi connectivity index (χ1v) is 12.9. The van der Waals surface area contributed by atoms with E-state index in [0.717, 1.165) is 11.1 Å². The van der Waals surface area contributed by atoms with E-state index in [1.54, 1.807) is 43.3 Å². The molecule has 1 fully saturated rings. The number of amides is 2. The lowest BCUT2D eigenvalue weighted by molar-refractivity contribution is -0.123. The van der Waals surface area contributed by atoms with E-state index < -0.39 is 23.7 Å². The quantitative estimate of drug-likeness (QED) is 0.332. The Morgan fingerprint density at radius 2 is 1.76 bits per heavy atom. The number of aromatic hydroxyl groups is 1. The number of Topliss-reactive ketones (excluding diaryl/α,β-unsaturated/α-hetero) is 1. The lowest BCUT2D eigenvalue weighted by Gasteiger charge is -2.42. The molecule has 4 aliphatic rings. The van der Waals surface area contributed by atoms with Gasteiger partial charge in [0.15, 0.2) is 11.6 Å². The molecule has 0 saturated carbocycles. The van der Waals surface area contributed by atoms with Gasteiger partial charge in [-0.1, -0.05) is 54.1 Å². The smallest absolute Gasteiger partial charge is 0.238 e. The minimum absolute atomic E-state index is 0.0190. The summed E-state index contributed by atoms with van der Waals surface area (Å²) in [6.07, 6.45) is 5.53. The summed E-state index contributed by atoms with van der Waals surface area (Å²) in [6, 6.07) is 11.6. The van der Waals surface area contributed by atoms with Gasteiger partial charge in [0.2, 0.25) is 11.8 Å². The third-order valence-electron chi connectivity index (χ3n) is 8.24. The molecule has 7 heteroatoms. The van der Waals surface area contributed by atoms with Gasteiger partial charge in [-0.05, 0) is 67.2 Å². The fraction of sp³-hybridized carbons (Fsp3) is 0.226. The van der Waals surface area contributed by atoms with Gasteiger partial charge < -0.3 is 5.11 Å². The normalized spacial score (nSPS) is 26.5. The maximum absolute atomic E-state index is 13.9. The Hall–Kier alpha value is -4.03. The number of halogens is 1. The van der Waals surface area contributed by atoms with Gasteiger partial charge in [-0.25, -0.2) is 0 Å². The van der Waals surface area contributed by atoms with Crippen molar-refractivity contribution in [2.75, 3.05) is 4.90 Å². The number of fused-ring (bicyclic) bond motifs is 3. The Morgan fingerprint density at radius 3 is 2.45 bits per heavy atom. The van der Waals surface area contributed by atoms with E-state index in [4.69, 9.17) is 11.6 Å². The number of imide groups is 1. The molecule has 0 radical (unpaired) electrons. The van der Waals surface area contributed by atoms with Crippen molar-refractivity contribution in [1.29, 1.82) is 0 Å². The number of phenols is 1. The molecule has 1 heterocycles. The van der Waals surface area contributed by atoms with Crippen molar-refractivity contribution in [1.82, 2.24) is 0 Å². The number of anilines is 1. The standard InChI is InChI=1S/C31H24ClNO5/c1-3-16-4-6-17(7-5-16)33-30(37)21-11-10-19-22(27(21)31(33)38)14-23-28(25(35)12-15(2)29(23)36)26(19)20-9-8-18(34)13-24(20)32/h3-10,12-13,21-22,26-27,34H,1,11,14H2,2H3. The van der Waals surface area contributed by atoms with Crippen LogP contribution in [-0.4, -0.2) is 28.5 Å². The zero-order valence-electron chi connectivity index (χ0n) is 20.6. The van der Waals surface area contributed by atoms with Crippen molar-refractivity contribution in [2.45, 2.75) is 25.7 Å². The highest BCUT2D eigenvalue weighted by Crippen LogP contribution is 2.56. The molecule has 6 nitrogen and oxygen atoms in total. The van der Waals surface area contributed by atoms with Gasteiger partial charge in [-0.2, -0.15) is 0 Å². The van der Waals surface area contributed by atoms with Crippen LogP contribution in [-0.2, 0) is 19.2 Å². The first-order chi connectivity index (χ1) is 18.2.